The maximum atomic E-state index is 13.2. The molecular formula is C21H20F3N3O3. The van der Waals surface area contributed by atoms with Gasteiger partial charge in [-0.2, -0.15) is 13.2 Å². The number of alkyl halides is 3. The van der Waals surface area contributed by atoms with Crippen molar-refractivity contribution in [1.82, 2.24) is 9.13 Å². The van der Waals surface area contributed by atoms with E-state index in [0.29, 0.717) is 6.42 Å². The molecule has 0 bridgehead atoms. The number of nitrogens with zero attached hydrogens (tertiary/aromatic N) is 2. The molecule has 3 rings (SSSR count). The summed E-state index contributed by atoms with van der Waals surface area (Å²) < 4.78 is 41.7. The molecule has 1 aromatic heterocycles. The lowest BCUT2D eigenvalue weighted by molar-refractivity contribution is -0.137. The molecule has 0 saturated carbocycles. The van der Waals surface area contributed by atoms with Gasteiger partial charge in [0.15, 0.2) is 0 Å². The second kappa shape index (κ2) is 8.56. The Morgan fingerprint density at radius 3 is 2.37 bits per heavy atom. The van der Waals surface area contributed by atoms with Crippen molar-refractivity contribution in [3.63, 3.8) is 0 Å². The number of carbonyl (C=O) groups excluding carboxylic acids is 1. The molecule has 1 N–H and O–H groups in total. The van der Waals surface area contributed by atoms with E-state index in [9.17, 15) is 27.6 Å². The van der Waals surface area contributed by atoms with Crippen LogP contribution in [0.25, 0.3) is 10.9 Å². The normalized spacial score (nSPS) is 11.6. The SMILES string of the molecule is CCCCn1c(=O)c2ccccc2n(CC(=O)Nc2ccccc2C(F)(F)F)c1=O. The molecule has 3 aromatic rings. The molecule has 0 unspecified atom stereocenters. The predicted molar refractivity (Wildman–Crippen MR) is 107 cm³/mol. The van der Waals surface area contributed by atoms with Crippen LogP contribution >= 0.6 is 0 Å². The number of rotatable bonds is 6. The van der Waals surface area contributed by atoms with Crippen molar-refractivity contribution in [2.24, 2.45) is 0 Å². The van der Waals surface area contributed by atoms with E-state index in [0.717, 1.165) is 27.7 Å². The van der Waals surface area contributed by atoms with Gasteiger partial charge in [-0.25, -0.2) is 4.79 Å². The first kappa shape index (κ1) is 21.4. The first-order valence-electron chi connectivity index (χ1n) is 9.42. The van der Waals surface area contributed by atoms with Crippen LogP contribution in [0.2, 0.25) is 0 Å². The number of fused-ring (bicyclic) bond motifs is 1. The molecule has 2 aromatic carbocycles. The molecule has 0 saturated heterocycles. The van der Waals surface area contributed by atoms with Crippen molar-refractivity contribution in [3.8, 4) is 0 Å². The smallest absolute Gasteiger partial charge is 0.324 e. The molecule has 0 atom stereocenters. The van der Waals surface area contributed by atoms with Crippen molar-refractivity contribution < 1.29 is 18.0 Å². The fraction of sp³-hybridized carbons (Fsp3) is 0.286. The summed E-state index contributed by atoms with van der Waals surface area (Å²) in [6.45, 7) is 1.58. The Kier molecular flexibility index (Phi) is 6.09. The molecule has 158 valence electrons. The molecule has 0 spiro atoms. The van der Waals surface area contributed by atoms with E-state index < -0.39 is 41.1 Å². The predicted octanol–water partition coefficient (Wildman–Crippen LogP) is 3.62. The zero-order chi connectivity index (χ0) is 21.9. The lowest BCUT2D eigenvalue weighted by Crippen LogP contribution is -2.41. The van der Waals surface area contributed by atoms with Crippen LogP contribution in [-0.4, -0.2) is 15.0 Å². The van der Waals surface area contributed by atoms with Crippen molar-refractivity contribution in [3.05, 3.63) is 74.9 Å². The molecule has 6 nitrogen and oxygen atoms in total. The topological polar surface area (TPSA) is 73.1 Å². The number of hydrogen-bond acceptors (Lipinski definition) is 3. The Balaban J connectivity index is 2.01. The van der Waals surface area contributed by atoms with Gasteiger partial charge in [0, 0.05) is 6.54 Å². The molecule has 1 amide bonds. The van der Waals surface area contributed by atoms with Crippen LogP contribution in [0.1, 0.15) is 25.3 Å². The molecule has 0 radical (unpaired) electrons. The average molecular weight is 419 g/mol. The van der Waals surface area contributed by atoms with Gasteiger partial charge in [0.1, 0.15) is 6.54 Å². The van der Waals surface area contributed by atoms with E-state index in [1.54, 1.807) is 18.2 Å². The lowest BCUT2D eigenvalue weighted by Gasteiger charge is -2.16. The van der Waals surface area contributed by atoms with Crippen molar-refractivity contribution >= 4 is 22.5 Å². The zero-order valence-electron chi connectivity index (χ0n) is 16.2. The summed E-state index contributed by atoms with van der Waals surface area (Å²) in [6, 6.07) is 10.9. The highest BCUT2D eigenvalue weighted by Crippen LogP contribution is 2.34. The van der Waals surface area contributed by atoms with Crippen LogP contribution in [0.15, 0.2) is 58.1 Å². The van der Waals surface area contributed by atoms with Crippen LogP contribution in [0.4, 0.5) is 18.9 Å². The summed E-state index contributed by atoms with van der Waals surface area (Å²) in [7, 11) is 0. The number of benzene rings is 2. The molecule has 0 aliphatic rings. The fourth-order valence-corrected chi connectivity index (χ4v) is 3.21. The summed E-state index contributed by atoms with van der Waals surface area (Å²) in [5, 5.41) is 2.49. The Morgan fingerprint density at radius 2 is 1.67 bits per heavy atom. The third-order valence-corrected chi connectivity index (χ3v) is 4.68. The minimum absolute atomic E-state index is 0.192. The minimum Gasteiger partial charge on any atom is -0.324 e. The van der Waals surface area contributed by atoms with Crippen molar-refractivity contribution in [2.45, 2.75) is 39.0 Å². The monoisotopic (exact) mass is 419 g/mol. The summed E-state index contributed by atoms with van der Waals surface area (Å²) in [5.74, 6) is -0.806. The van der Waals surface area contributed by atoms with Gasteiger partial charge in [0.25, 0.3) is 5.56 Å². The van der Waals surface area contributed by atoms with E-state index in [2.05, 4.69) is 5.32 Å². The maximum absolute atomic E-state index is 13.2. The van der Waals surface area contributed by atoms with Crippen LogP contribution in [-0.2, 0) is 24.1 Å². The summed E-state index contributed by atoms with van der Waals surface area (Å²) in [5.41, 5.74) is -2.26. The van der Waals surface area contributed by atoms with Gasteiger partial charge in [0.05, 0.1) is 22.2 Å². The number of aromatic nitrogens is 2. The second-order valence-corrected chi connectivity index (χ2v) is 6.79. The molecule has 0 aliphatic heterocycles. The van der Waals surface area contributed by atoms with Crippen LogP contribution in [0, 0.1) is 0 Å². The summed E-state index contributed by atoms with van der Waals surface area (Å²) >= 11 is 0. The number of halogens is 3. The first-order valence-corrected chi connectivity index (χ1v) is 9.42. The molecule has 9 heteroatoms. The third kappa shape index (κ3) is 4.29. The first-order chi connectivity index (χ1) is 14.2. The van der Waals surface area contributed by atoms with E-state index in [-0.39, 0.29) is 17.4 Å². The van der Waals surface area contributed by atoms with Gasteiger partial charge in [-0.05, 0) is 30.7 Å². The number of carbonyl (C=O) groups is 1. The lowest BCUT2D eigenvalue weighted by atomic mass is 10.1. The molecular weight excluding hydrogens is 399 g/mol. The van der Waals surface area contributed by atoms with Crippen LogP contribution < -0.4 is 16.6 Å². The highest BCUT2D eigenvalue weighted by atomic mass is 19.4. The van der Waals surface area contributed by atoms with Gasteiger partial charge in [-0.3, -0.25) is 18.7 Å². The highest BCUT2D eigenvalue weighted by Gasteiger charge is 2.33. The molecule has 30 heavy (non-hydrogen) atoms. The number of hydrogen-bond donors (Lipinski definition) is 1. The number of nitrogens with one attached hydrogen (secondary N) is 1. The molecule has 0 aliphatic carbocycles. The zero-order valence-corrected chi connectivity index (χ0v) is 16.2. The number of amides is 1. The van der Waals surface area contributed by atoms with Crippen LogP contribution in [0.5, 0.6) is 0 Å². The van der Waals surface area contributed by atoms with E-state index in [4.69, 9.17) is 0 Å². The van der Waals surface area contributed by atoms with Gasteiger partial charge in [0.2, 0.25) is 5.91 Å². The van der Waals surface area contributed by atoms with Gasteiger partial charge in [-0.1, -0.05) is 37.6 Å². The number of para-hydroxylation sites is 2. The second-order valence-electron chi connectivity index (χ2n) is 6.79. The highest BCUT2D eigenvalue weighted by molar-refractivity contribution is 5.92. The standard InChI is InChI=1S/C21H20F3N3O3/c1-2-3-12-26-19(29)14-8-4-7-11-17(14)27(20(26)30)13-18(28)25-16-10-6-5-9-15(16)21(22,23)24/h4-11H,2-3,12-13H2,1H3,(H,25,28). The van der Waals surface area contributed by atoms with E-state index >= 15 is 0 Å². The quantitative estimate of drug-likeness (QED) is 0.663. The van der Waals surface area contributed by atoms with Crippen molar-refractivity contribution in [1.29, 1.82) is 0 Å². The Hall–Kier alpha value is -3.36. The average Bonchev–Trinajstić information content (AvgIpc) is 2.71. The van der Waals surface area contributed by atoms with Crippen LogP contribution in [0.3, 0.4) is 0 Å². The number of anilines is 1. The Labute approximate surface area is 169 Å². The summed E-state index contributed by atoms with van der Waals surface area (Å²) in [4.78, 5) is 38.1. The Morgan fingerprint density at radius 1 is 1.00 bits per heavy atom. The van der Waals surface area contributed by atoms with E-state index in [1.165, 1.54) is 18.2 Å². The van der Waals surface area contributed by atoms with Crippen molar-refractivity contribution in [2.75, 3.05) is 5.32 Å². The third-order valence-electron chi connectivity index (χ3n) is 4.68. The van der Waals surface area contributed by atoms with Gasteiger partial charge < -0.3 is 5.32 Å². The largest absolute Gasteiger partial charge is 0.418 e. The molecule has 0 fully saturated rings. The maximum Gasteiger partial charge on any atom is 0.418 e. The fourth-order valence-electron chi connectivity index (χ4n) is 3.21. The van der Waals surface area contributed by atoms with Gasteiger partial charge in [-0.15, -0.1) is 0 Å². The summed E-state index contributed by atoms with van der Waals surface area (Å²) in [6.07, 6.45) is -3.28. The van der Waals surface area contributed by atoms with Gasteiger partial charge >= 0.3 is 11.9 Å². The molecule has 1 heterocycles. The van der Waals surface area contributed by atoms with E-state index in [1.807, 2.05) is 6.92 Å². The Bertz CT molecular complexity index is 1200. The number of unbranched alkanes of at least 4 members (excludes halogenated alkanes) is 1. The minimum atomic E-state index is -4.64.